The standard InChI is InChI=1S/C19H29NO/c1-3-11-20-18(19(2)10-5-12-21-19)14-15-8-9-16-6-4-7-17(16)13-15/h8-9,13,18,20H,3-7,10-12,14H2,1-2H3. The first-order valence-electron chi connectivity index (χ1n) is 8.69. The Balaban J connectivity index is 1.74. The molecule has 1 aliphatic heterocycles. The molecule has 1 heterocycles. The summed E-state index contributed by atoms with van der Waals surface area (Å²) >= 11 is 0. The molecule has 3 rings (SSSR count). The van der Waals surface area contributed by atoms with E-state index in [1.165, 1.54) is 44.1 Å². The van der Waals surface area contributed by atoms with Gasteiger partial charge in [0, 0.05) is 12.6 Å². The van der Waals surface area contributed by atoms with Crippen molar-refractivity contribution in [1.82, 2.24) is 5.32 Å². The summed E-state index contributed by atoms with van der Waals surface area (Å²) in [6, 6.07) is 7.57. The lowest BCUT2D eigenvalue weighted by Crippen LogP contribution is -2.50. The maximum Gasteiger partial charge on any atom is 0.0810 e. The van der Waals surface area contributed by atoms with Crippen molar-refractivity contribution < 1.29 is 4.74 Å². The van der Waals surface area contributed by atoms with E-state index in [9.17, 15) is 0 Å². The fourth-order valence-electron chi connectivity index (χ4n) is 3.89. The monoisotopic (exact) mass is 287 g/mol. The highest BCUT2D eigenvalue weighted by Gasteiger charge is 2.38. The van der Waals surface area contributed by atoms with Crippen LogP contribution >= 0.6 is 0 Å². The molecule has 1 N–H and O–H groups in total. The van der Waals surface area contributed by atoms with E-state index < -0.39 is 0 Å². The Hall–Kier alpha value is -0.860. The molecule has 0 bridgehead atoms. The van der Waals surface area contributed by atoms with E-state index in [-0.39, 0.29) is 5.60 Å². The van der Waals surface area contributed by atoms with Gasteiger partial charge in [-0.05, 0) is 75.1 Å². The van der Waals surface area contributed by atoms with Gasteiger partial charge >= 0.3 is 0 Å². The molecular formula is C19H29NO. The average molecular weight is 287 g/mol. The lowest BCUT2D eigenvalue weighted by molar-refractivity contribution is -0.0114. The van der Waals surface area contributed by atoms with E-state index in [1.807, 2.05) is 0 Å². The van der Waals surface area contributed by atoms with Crippen LogP contribution in [0.15, 0.2) is 18.2 Å². The molecule has 0 amide bonds. The molecule has 0 radical (unpaired) electrons. The minimum atomic E-state index is 0.00812. The Morgan fingerprint density at radius 1 is 1.24 bits per heavy atom. The first-order chi connectivity index (χ1) is 10.2. The van der Waals surface area contributed by atoms with Gasteiger partial charge in [-0.15, -0.1) is 0 Å². The fraction of sp³-hybridized carbons (Fsp3) is 0.684. The highest BCUT2D eigenvalue weighted by molar-refractivity contribution is 5.35. The summed E-state index contributed by atoms with van der Waals surface area (Å²) in [4.78, 5) is 0. The van der Waals surface area contributed by atoms with Gasteiger partial charge in [0.05, 0.1) is 5.60 Å². The summed E-state index contributed by atoms with van der Waals surface area (Å²) in [5, 5.41) is 3.74. The van der Waals surface area contributed by atoms with Gasteiger partial charge in [0.25, 0.3) is 0 Å². The van der Waals surface area contributed by atoms with Crippen LogP contribution in [0.1, 0.15) is 56.2 Å². The first-order valence-corrected chi connectivity index (χ1v) is 8.69. The summed E-state index contributed by atoms with van der Waals surface area (Å²) in [7, 11) is 0. The van der Waals surface area contributed by atoms with Crippen LogP contribution in [0.4, 0.5) is 0 Å². The third-order valence-corrected chi connectivity index (χ3v) is 5.23. The molecular weight excluding hydrogens is 258 g/mol. The number of benzene rings is 1. The van der Waals surface area contributed by atoms with E-state index in [4.69, 9.17) is 4.74 Å². The summed E-state index contributed by atoms with van der Waals surface area (Å²) in [6.07, 6.45) is 8.51. The summed E-state index contributed by atoms with van der Waals surface area (Å²) in [6.45, 7) is 6.53. The highest BCUT2D eigenvalue weighted by atomic mass is 16.5. The van der Waals surface area contributed by atoms with Gasteiger partial charge in [0.2, 0.25) is 0 Å². The normalized spacial score (nSPS) is 26.0. The smallest absolute Gasteiger partial charge is 0.0810 e. The molecule has 1 aromatic rings. The average Bonchev–Trinajstić information content (AvgIpc) is 3.12. The molecule has 2 heteroatoms. The maximum absolute atomic E-state index is 6.10. The molecule has 1 fully saturated rings. The Morgan fingerprint density at radius 3 is 2.86 bits per heavy atom. The van der Waals surface area contributed by atoms with Gasteiger partial charge in [-0.1, -0.05) is 25.1 Å². The molecule has 116 valence electrons. The van der Waals surface area contributed by atoms with E-state index >= 15 is 0 Å². The largest absolute Gasteiger partial charge is 0.374 e. The minimum Gasteiger partial charge on any atom is -0.374 e. The number of nitrogens with one attached hydrogen (secondary N) is 1. The molecule has 1 aliphatic carbocycles. The Kier molecular flexibility index (Phi) is 4.66. The van der Waals surface area contributed by atoms with Gasteiger partial charge < -0.3 is 10.1 Å². The van der Waals surface area contributed by atoms with Gasteiger partial charge in [0.15, 0.2) is 0 Å². The van der Waals surface area contributed by atoms with Crippen molar-refractivity contribution >= 4 is 0 Å². The zero-order valence-electron chi connectivity index (χ0n) is 13.6. The zero-order chi connectivity index (χ0) is 14.7. The van der Waals surface area contributed by atoms with Crippen LogP contribution in [0.3, 0.4) is 0 Å². The Morgan fingerprint density at radius 2 is 2.10 bits per heavy atom. The molecule has 21 heavy (non-hydrogen) atoms. The first kappa shape index (κ1) is 15.1. The predicted molar refractivity (Wildman–Crippen MR) is 87.8 cm³/mol. The van der Waals surface area contributed by atoms with Crippen molar-refractivity contribution in [3.05, 3.63) is 34.9 Å². The third kappa shape index (κ3) is 3.32. The van der Waals surface area contributed by atoms with Crippen LogP contribution in [-0.4, -0.2) is 24.8 Å². The van der Waals surface area contributed by atoms with E-state index in [2.05, 4.69) is 37.4 Å². The Labute approximate surface area is 129 Å². The summed E-state index contributed by atoms with van der Waals surface area (Å²) in [5.41, 5.74) is 4.63. The van der Waals surface area contributed by atoms with Crippen LogP contribution in [0.2, 0.25) is 0 Å². The minimum absolute atomic E-state index is 0.00812. The predicted octanol–water partition coefficient (Wildman–Crippen LogP) is 3.66. The molecule has 1 aromatic carbocycles. The second kappa shape index (κ2) is 6.50. The number of rotatable bonds is 6. The van der Waals surface area contributed by atoms with E-state index in [1.54, 1.807) is 11.1 Å². The summed E-state index contributed by atoms with van der Waals surface area (Å²) < 4.78 is 6.10. The van der Waals surface area contributed by atoms with Crippen LogP contribution in [0, 0.1) is 0 Å². The van der Waals surface area contributed by atoms with Crippen molar-refractivity contribution in [3.8, 4) is 0 Å². The molecule has 1 saturated heterocycles. The van der Waals surface area contributed by atoms with Crippen LogP contribution in [0.5, 0.6) is 0 Å². The second-order valence-electron chi connectivity index (χ2n) is 6.93. The molecule has 2 unspecified atom stereocenters. The molecule has 2 nitrogen and oxygen atoms in total. The van der Waals surface area contributed by atoms with Crippen molar-refractivity contribution in [2.45, 2.75) is 70.4 Å². The molecule has 0 aromatic heterocycles. The van der Waals surface area contributed by atoms with Gasteiger partial charge in [-0.2, -0.15) is 0 Å². The van der Waals surface area contributed by atoms with E-state index in [0.717, 1.165) is 19.6 Å². The lowest BCUT2D eigenvalue weighted by atomic mass is 9.87. The molecule has 2 aliphatic rings. The van der Waals surface area contributed by atoms with Crippen molar-refractivity contribution in [2.24, 2.45) is 0 Å². The third-order valence-electron chi connectivity index (χ3n) is 5.23. The van der Waals surface area contributed by atoms with Crippen LogP contribution in [-0.2, 0) is 24.0 Å². The summed E-state index contributed by atoms with van der Waals surface area (Å²) in [5.74, 6) is 0. The number of aryl methyl sites for hydroxylation is 2. The number of fused-ring (bicyclic) bond motifs is 1. The van der Waals surface area contributed by atoms with Crippen molar-refractivity contribution in [3.63, 3.8) is 0 Å². The molecule has 0 spiro atoms. The lowest BCUT2D eigenvalue weighted by Gasteiger charge is -2.34. The van der Waals surface area contributed by atoms with Crippen molar-refractivity contribution in [1.29, 1.82) is 0 Å². The van der Waals surface area contributed by atoms with E-state index in [0.29, 0.717) is 6.04 Å². The maximum atomic E-state index is 6.10. The van der Waals surface area contributed by atoms with Crippen LogP contribution in [0.25, 0.3) is 0 Å². The number of ether oxygens (including phenoxy) is 1. The SMILES string of the molecule is CCCNC(Cc1ccc2c(c1)CCC2)C1(C)CCCO1. The zero-order valence-corrected chi connectivity index (χ0v) is 13.6. The van der Waals surface area contributed by atoms with Crippen molar-refractivity contribution in [2.75, 3.05) is 13.2 Å². The number of hydrogen-bond donors (Lipinski definition) is 1. The number of hydrogen-bond acceptors (Lipinski definition) is 2. The highest BCUT2D eigenvalue weighted by Crippen LogP contribution is 2.31. The second-order valence-corrected chi connectivity index (χ2v) is 6.93. The van der Waals surface area contributed by atoms with Gasteiger partial charge in [-0.3, -0.25) is 0 Å². The quantitative estimate of drug-likeness (QED) is 0.862. The van der Waals surface area contributed by atoms with Crippen LogP contribution < -0.4 is 5.32 Å². The molecule has 0 saturated carbocycles. The van der Waals surface area contributed by atoms with Gasteiger partial charge in [0.1, 0.15) is 0 Å². The fourth-order valence-corrected chi connectivity index (χ4v) is 3.89. The Bertz CT molecular complexity index is 476. The molecule has 2 atom stereocenters. The van der Waals surface area contributed by atoms with Gasteiger partial charge in [-0.25, -0.2) is 0 Å². The topological polar surface area (TPSA) is 21.3 Å².